The van der Waals surface area contributed by atoms with Crippen LogP contribution in [0.1, 0.15) is 6.92 Å². The molecule has 0 fully saturated rings. The number of rotatable bonds is 4. The van der Waals surface area contributed by atoms with Crippen molar-refractivity contribution >= 4 is 34.1 Å². The second-order valence-electron chi connectivity index (χ2n) is 5.24. The zero-order valence-corrected chi connectivity index (χ0v) is 13.4. The van der Waals surface area contributed by atoms with E-state index >= 15 is 0 Å². The van der Waals surface area contributed by atoms with Gasteiger partial charge in [0.05, 0.1) is 10.9 Å². The van der Waals surface area contributed by atoms with Gasteiger partial charge in [-0.25, -0.2) is 4.39 Å². The Balaban J connectivity index is 1.71. The van der Waals surface area contributed by atoms with E-state index in [2.05, 4.69) is 17.4 Å². The van der Waals surface area contributed by atoms with E-state index in [1.807, 2.05) is 37.3 Å². The first-order valence-corrected chi connectivity index (χ1v) is 8.22. The molecular weight excluding hydrogens is 309 g/mol. The summed E-state index contributed by atoms with van der Waals surface area (Å²) in [6.07, 6.45) is 0. The molecule has 0 aromatic heterocycles. The van der Waals surface area contributed by atoms with Gasteiger partial charge in [-0.1, -0.05) is 42.5 Å². The standard InChI is InChI=1S/C19H16FNOS/c1-13(19(22)21-18-9-5-4-8-17(18)20)23-16-11-10-14-6-2-3-7-15(14)12-16/h2-13H,1H3,(H,21,22). The third-order valence-electron chi connectivity index (χ3n) is 3.53. The van der Waals surface area contributed by atoms with E-state index in [1.165, 1.54) is 23.2 Å². The number of nitrogens with one attached hydrogen (secondary N) is 1. The van der Waals surface area contributed by atoms with E-state index < -0.39 is 5.82 Å². The molecule has 0 aliphatic carbocycles. The number of fused-ring (bicyclic) bond motifs is 1. The average molecular weight is 325 g/mol. The average Bonchev–Trinajstić information content (AvgIpc) is 2.56. The van der Waals surface area contributed by atoms with Crippen molar-refractivity contribution in [2.75, 3.05) is 5.32 Å². The van der Waals surface area contributed by atoms with Crippen LogP contribution >= 0.6 is 11.8 Å². The van der Waals surface area contributed by atoms with Gasteiger partial charge < -0.3 is 5.32 Å². The Morgan fingerprint density at radius 2 is 1.70 bits per heavy atom. The molecule has 3 rings (SSSR count). The van der Waals surface area contributed by atoms with Crippen LogP contribution in [-0.2, 0) is 4.79 Å². The number of carbonyl (C=O) groups excluding carboxylic acids is 1. The summed E-state index contributed by atoms with van der Waals surface area (Å²) in [5.74, 6) is -0.642. The molecule has 1 unspecified atom stereocenters. The van der Waals surface area contributed by atoms with Crippen molar-refractivity contribution in [3.63, 3.8) is 0 Å². The molecule has 0 aliphatic heterocycles. The normalized spacial score (nSPS) is 12.1. The maximum atomic E-state index is 13.6. The molecule has 0 aliphatic rings. The van der Waals surface area contributed by atoms with Gasteiger partial charge in [0.25, 0.3) is 0 Å². The number of hydrogen-bond acceptors (Lipinski definition) is 2. The topological polar surface area (TPSA) is 29.1 Å². The molecule has 4 heteroatoms. The number of amides is 1. The maximum Gasteiger partial charge on any atom is 0.237 e. The van der Waals surface area contributed by atoms with Crippen molar-refractivity contribution < 1.29 is 9.18 Å². The van der Waals surface area contributed by atoms with Gasteiger partial charge in [-0.3, -0.25) is 4.79 Å². The minimum Gasteiger partial charge on any atom is -0.323 e. The van der Waals surface area contributed by atoms with Gasteiger partial charge >= 0.3 is 0 Å². The lowest BCUT2D eigenvalue weighted by molar-refractivity contribution is -0.115. The number of anilines is 1. The minimum absolute atomic E-state index is 0.212. The van der Waals surface area contributed by atoms with E-state index in [0.717, 1.165) is 10.3 Å². The van der Waals surface area contributed by atoms with E-state index in [1.54, 1.807) is 18.2 Å². The highest BCUT2D eigenvalue weighted by molar-refractivity contribution is 8.00. The molecule has 0 bridgehead atoms. The molecule has 1 amide bonds. The highest BCUT2D eigenvalue weighted by atomic mass is 32.2. The van der Waals surface area contributed by atoms with Crippen molar-refractivity contribution in [3.05, 3.63) is 72.5 Å². The number of thioether (sulfide) groups is 1. The molecule has 3 aromatic rings. The molecule has 0 radical (unpaired) electrons. The zero-order chi connectivity index (χ0) is 16.2. The third kappa shape index (κ3) is 3.71. The van der Waals surface area contributed by atoms with Gasteiger partial charge in [0, 0.05) is 4.90 Å². The van der Waals surface area contributed by atoms with Gasteiger partial charge in [-0.05, 0) is 42.0 Å². The van der Waals surface area contributed by atoms with Crippen LogP contribution in [0.3, 0.4) is 0 Å². The van der Waals surface area contributed by atoms with Gasteiger partial charge in [-0.2, -0.15) is 0 Å². The van der Waals surface area contributed by atoms with Crippen molar-refractivity contribution in [1.82, 2.24) is 0 Å². The number of hydrogen-bond donors (Lipinski definition) is 1. The largest absolute Gasteiger partial charge is 0.323 e. The van der Waals surface area contributed by atoms with Gasteiger partial charge in [0.1, 0.15) is 5.82 Å². The van der Waals surface area contributed by atoms with Crippen molar-refractivity contribution in [2.24, 2.45) is 0 Å². The number of carbonyl (C=O) groups is 1. The lowest BCUT2D eigenvalue weighted by atomic mass is 10.1. The Hall–Kier alpha value is -2.33. The fourth-order valence-electron chi connectivity index (χ4n) is 2.30. The molecule has 23 heavy (non-hydrogen) atoms. The van der Waals surface area contributed by atoms with Crippen molar-refractivity contribution in [2.45, 2.75) is 17.1 Å². The number of benzene rings is 3. The Kier molecular flexibility index (Phi) is 4.63. The molecule has 0 spiro atoms. The fraction of sp³-hybridized carbons (Fsp3) is 0.105. The van der Waals surface area contributed by atoms with Crippen LogP contribution in [0.2, 0.25) is 0 Å². The lowest BCUT2D eigenvalue weighted by Gasteiger charge is -2.13. The highest BCUT2D eigenvalue weighted by Crippen LogP contribution is 2.27. The summed E-state index contributed by atoms with van der Waals surface area (Å²) in [6, 6.07) is 20.4. The third-order valence-corrected chi connectivity index (χ3v) is 4.63. The fourth-order valence-corrected chi connectivity index (χ4v) is 3.21. The molecule has 1 atom stereocenters. The zero-order valence-electron chi connectivity index (χ0n) is 12.6. The smallest absolute Gasteiger partial charge is 0.237 e. The molecule has 116 valence electrons. The second kappa shape index (κ2) is 6.84. The van der Waals surface area contributed by atoms with Crippen molar-refractivity contribution in [3.8, 4) is 0 Å². The Morgan fingerprint density at radius 1 is 1.00 bits per heavy atom. The molecular formula is C19H16FNOS. The van der Waals surface area contributed by atoms with Gasteiger partial charge in [-0.15, -0.1) is 11.8 Å². The summed E-state index contributed by atoms with van der Waals surface area (Å²) >= 11 is 1.46. The van der Waals surface area contributed by atoms with Gasteiger partial charge in [0.2, 0.25) is 5.91 Å². The summed E-state index contributed by atoms with van der Waals surface area (Å²) in [7, 11) is 0. The second-order valence-corrected chi connectivity index (χ2v) is 6.65. The molecule has 0 saturated carbocycles. The Morgan fingerprint density at radius 3 is 2.48 bits per heavy atom. The maximum absolute atomic E-state index is 13.6. The molecule has 3 aromatic carbocycles. The first-order valence-electron chi connectivity index (χ1n) is 7.34. The molecule has 2 nitrogen and oxygen atoms in total. The van der Waals surface area contributed by atoms with E-state index in [-0.39, 0.29) is 16.8 Å². The minimum atomic E-state index is -0.427. The lowest BCUT2D eigenvalue weighted by Crippen LogP contribution is -2.22. The summed E-state index contributed by atoms with van der Waals surface area (Å²) in [4.78, 5) is 13.2. The van der Waals surface area contributed by atoms with E-state index in [4.69, 9.17) is 0 Å². The van der Waals surface area contributed by atoms with E-state index in [0.29, 0.717) is 0 Å². The van der Waals surface area contributed by atoms with Crippen LogP contribution in [0.5, 0.6) is 0 Å². The van der Waals surface area contributed by atoms with Crippen LogP contribution in [-0.4, -0.2) is 11.2 Å². The predicted octanol–water partition coefficient (Wildman–Crippen LogP) is 5.10. The Labute approximate surface area is 138 Å². The predicted molar refractivity (Wildman–Crippen MR) is 94.3 cm³/mol. The summed E-state index contributed by atoms with van der Waals surface area (Å²) in [5, 5.41) is 4.61. The first-order chi connectivity index (χ1) is 11.1. The van der Waals surface area contributed by atoms with Gasteiger partial charge in [0.15, 0.2) is 0 Å². The monoisotopic (exact) mass is 325 g/mol. The summed E-state index contributed by atoms with van der Waals surface area (Å²) in [6.45, 7) is 1.82. The van der Waals surface area contributed by atoms with Crippen LogP contribution in [0.4, 0.5) is 10.1 Å². The van der Waals surface area contributed by atoms with Crippen LogP contribution in [0, 0.1) is 5.82 Å². The number of halogens is 1. The molecule has 0 saturated heterocycles. The van der Waals surface area contributed by atoms with Crippen molar-refractivity contribution in [1.29, 1.82) is 0 Å². The Bertz CT molecular complexity index is 849. The van der Waals surface area contributed by atoms with Crippen LogP contribution in [0.25, 0.3) is 10.8 Å². The first kappa shape index (κ1) is 15.6. The summed E-state index contributed by atoms with van der Waals surface area (Å²) in [5.41, 5.74) is 0.212. The quantitative estimate of drug-likeness (QED) is 0.676. The molecule has 0 heterocycles. The molecule has 1 N–H and O–H groups in total. The highest BCUT2D eigenvalue weighted by Gasteiger charge is 2.16. The van der Waals surface area contributed by atoms with Crippen LogP contribution in [0.15, 0.2) is 71.6 Å². The van der Waals surface area contributed by atoms with Crippen LogP contribution < -0.4 is 5.32 Å². The SMILES string of the molecule is CC(Sc1ccc2ccccc2c1)C(=O)Nc1ccccc1F. The summed E-state index contributed by atoms with van der Waals surface area (Å²) < 4.78 is 13.6. The van der Waals surface area contributed by atoms with E-state index in [9.17, 15) is 9.18 Å². The number of para-hydroxylation sites is 1.